The van der Waals surface area contributed by atoms with Crippen molar-refractivity contribution in [1.82, 2.24) is 0 Å². The molecule has 0 saturated carbocycles. The Morgan fingerprint density at radius 1 is 1.50 bits per heavy atom. The summed E-state index contributed by atoms with van der Waals surface area (Å²) in [6, 6.07) is 5.78. The Morgan fingerprint density at radius 3 is 2.50 bits per heavy atom. The summed E-state index contributed by atoms with van der Waals surface area (Å²) in [7, 11) is 0. The lowest BCUT2D eigenvalue weighted by Gasteiger charge is -2.05. The number of benzene rings is 1. The molecule has 2 N–H and O–H groups in total. The summed E-state index contributed by atoms with van der Waals surface area (Å²) >= 11 is 9.16. The Balaban J connectivity index is 0.00000121. The number of halogens is 3. The predicted molar refractivity (Wildman–Crippen MR) is 59.0 cm³/mol. The highest BCUT2D eigenvalue weighted by molar-refractivity contribution is 9.10. The molecule has 0 amide bonds. The molecule has 0 aliphatic rings. The van der Waals surface area contributed by atoms with Gasteiger partial charge in [0, 0.05) is 10.5 Å². The molecule has 1 atom stereocenters. The van der Waals surface area contributed by atoms with E-state index in [1.54, 1.807) is 0 Å². The molecule has 12 heavy (non-hydrogen) atoms. The molecular formula is C8H10BrCl2N. The van der Waals surface area contributed by atoms with Crippen molar-refractivity contribution < 1.29 is 0 Å². The molecule has 1 aromatic rings. The van der Waals surface area contributed by atoms with Crippen LogP contribution in [0.1, 0.15) is 18.5 Å². The zero-order chi connectivity index (χ0) is 8.43. The van der Waals surface area contributed by atoms with Crippen LogP contribution in [0.2, 0.25) is 5.02 Å². The molecule has 68 valence electrons. The lowest BCUT2D eigenvalue weighted by atomic mass is 10.1. The van der Waals surface area contributed by atoms with E-state index in [0.717, 1.165) is 10.0 Å². The van der Waals surface area contributed by atoms with Crippen LogP contribution in [0.25, 0.3) is 0 Å². The van der Waals surface area contributed by atoms with Crippen molar-refractivity contribution in [3.05, 3.63) is 33.3 Å². The number of rotatable bonds is 1. The molecule has 0 bridgehead atoms. The summed E-state index contributed by atoms with van der Waals surface area (Å²) in [4.78, 5) is 0. The number of hydrogen-bond donors (Lipinski definition) is 1. The van der Waals surface area contributed by atoms with E-state index in [2.05, 4.69) is 15.9 Å². The molecule has 1 aromatic carbocycles. The van der Waals surface area contributed by atoms with E-state index in [-0.39, 0.29) is 18.4 Å². The Hall–Kier alpha value is 0.240. The molecule has 1 rings (SSSR count). The van der Waals surface area contributed by atoms with Gasteiger partial charge >= 0.3 is 0 Å². The monoisotopic (exact) mass is 269 g/mol. The lowest BCUT2D eigenvalue weighted by molar-refractivity contribution is 0.818. The maximum atomic E-state index is 5.86. The third-order valence-corrected chi connectivity index (χ3v) is 2.70. The van der Waals surface area contributed by atoms with Crippen molar-refractivity contribution in [3.8, 4) is 0 Å². The molecule has 0 fully saturated rings. The normalized spacial score (nSPS) is 12.0. The maximum Gasteiger partial charge on any atom is 0.0551 e. The van der Waals surface area contributed by atoms with Crippen LogP contribution >= 0.6 is 39.9 Å². The van der Waals surface area contributed by atoms with Gasteiger partial charge in [-0.1, -0.05) is 17.7 Å². The summed E-state index contributed by atoms with van der Waals surface area (Å²) < 4.78 is 0.906. The first-order valence-corrected chi connectivity index (χ1v) is 4.49. The molecule has 0 heterocycles. The quantitative estimate of drug-likeness (QED) is 0.830. The molecule has 0 aromatic heterocycles. The summed E-state index contributed by atoms with van der Waals surface area (Å²) in [5.74, 6) is 0. The van der Waals surface area contributed by atoms with E-state index in [9.17, 15) is 0 Å². The second-order valence-electron chi connectivity index (χ2n) is 2.46. The van der Waals surface area contributed by atoms with Crippen LogP contribution in [0.15, 0.2) is 22.7 Å². The molecule has 0 aliphatic carbocycles. The molecule has 1 nitrogen and oxygen atoms in total. The average Bonchev–Trinajstić information content (AvgIpc) is 1.94. The van der Waals surface area contributed by atoms with E-state index in [1.165, 1.54) is 0 Å². The van der Waals surface area contributed by atoms with E-state index < -0.39 is 0 Å². The fraction of sp³-hybridized carbons (Fsp3) is 0.250. The molecule has 1 unspecified atom stereocenters. The predicted octanol–water partition coefficient (Wildman–Crippen LogP) is 3.54. The van der Waals surface area contributed by atoms with Crippen LogP contribution in [0.4, 0.5) is 0 Å². The van der Waals surface area contributed by atoms with Gasteiger partial charge in [0.1, 0.15) is 0 Å². The highest BCUT2D eigenvalue weighted by Crippen LogP contribution is 2.24. The fourth-order valence-electron chi connectivity index (χ4n) is 0.796. The Labute approximate surface area is 91.8 Å². The van der Waals surface area contributed by atoms with Crippen molar-refractivity contribution in [2.45, 2.75) is 13.0 Å². The van der Waals surface area contributed by atoms with Crippen molar-refractivity contribution in [2.75, 3.05) is 0 Å². The first kappa shape index (κ1) is 12.2. The van der Waals surface area contributed by atoms with Gasteiger partial charge in [0.15, 0.2) is 0 Å². The smallest absolute Gasteiger partial charge is 0.0551 e. The summed E-state index contributed by atoms with van der Waals surface area (Å²) in [5, 5.41) is 0.708. The van der Waals surface area contributed by atoms with E-state index >= 15 is 0 Å². The van der Waals surface area contributed by atoms with Crippen molar-refractivity contribution in [2.24, 2.45) is 5.73 Å². The van der Waals surface area contributed by atoms with Crippen LogP contribution in [0.5, 0.6) is 0 Å². The number of nitrogens with two attached hydrogens (primary N) is 1. The Morgan fingerprint density at radius 2 is 2.08 bits per heavy atom. The van der Waals surface area contributed by atoms with Crippen LogP contribution in [-0.4, -0.2) is 0 Å². The molecule has 0 saturated heterocycles. The third-order valence-electron chi connectivity index (χ3n) is 1.47. The zero-order valence-electron chi connectivity index (χ0n) is 6.55. The van der Waals surface area contributed by atoms with Gasteiger partial charge in [-0.15, -0.1) is 12.4 Å². The third kappa shape index (κ3) is 2.94. The highest BCUT2D eigenvalue weighted by Gasteiger charge is 2.01. The van der Waals surface area contributed by atoms with Gasteiger partial charge in [-0.2, -0.15) is 0 Å². The summed E-state index contributed by atoms with van der Waals surface area (Å²) in [5.41, 5.74) is 6.71. The summed E-state index contributed by atoms with van der Waals surface area (Å²) in [6.45, 7) is 1.93. The van der Waals surface area contributed by atoms with E-state index in [1.807, 2.05) is 25.1 Å². The van der Waals surface area contributed by atoms with Gasteiger partial charge in [0.2, 0.25) is 0 Å². The van der Waals surface area contributed by atoms with E-state index in [0.29, 0.717) is 5.02 Å². The van der Waals surface area contributed by atoms with E-state index in [4.69, 9.17) is 17.3 Å². The standard InChI is InChI=1S/C8H9BrClN.ClH/c1-5(11)6-2-3-7(9)8(10)4-6;/h2-5H,11H2,1H3;1H. The minimum absolute atomic E-state index is 0. The van der Waals surface area contributed by atoms with Crippen LogP contribution in [-0.2, 0) is 0 Å². The largest absolute Gasteiger partial charge is 0.324 e. The highest BCUT2D eigenvalue weighted by atomic mass is 79.9. The SMILES string of the molecule is CC(N)c1ccc(Br)c(Cl)c1.Cl. The van der Waals surface area contributed by atoms with Gasteiger partial charge in [0.25, 0.3) is 0 Å². The minimum Gasteiger partial charge on any atom is -0.324 e. The molecule has 0 spiro atoms. The first-order chi connectivity index (χ1) is 5.11. The second-order valence-corrected chi connectivity index (χ2v) is 3.72. The lowest BCUT2D eigenvalue weighted by Crippen LogP contribution is -2.04. The Bertz CT molecular complexity index is 263. The van der Waals surface area contributed by atoms with Crippen LogP contribution < -0.4 is 5.73 Å². The maximum absolute atomic E-state index is 5.86. The van der Waals surface area contributed by atoms with Crippen LogP contribution in [0, 0.1) is 0 Å². The van der Waals surface area contributed by atoms with Crippen molar-refractivity contribution in [1.29, 1.82) is 0 Å². The fourth-order valence-corrected chi connectivity index (χ4v) is 1.23. The Kier molecular flexibility index (Phi) is 5.18. The second kappa shape index (κ2) is 5.07. The van der Waals surface area contributed by atoms with Gasteiger partial charge < -0.3 is 5.73 Å². The van der Waals surface area contributed by atoms with Crippen molar-refractivity contribution in [3.63, 3.8) is 0 Å². The summed E-state index contributed by atoms with van der Waals surface area (Å²) in [6.07, 6.45) is 0. The zero-order valence-corrected chi connectivity index (χ0v) is 9.71. The first-order valence-electron chi connectivity index (χ1n) is 3.32. The minimum atomic E-state index is 0. The van der Waals surface area contributed by atoms with Gasteiger partial charge in [-0.3, -0.25) is 0 Å². The molecule has 0 aliphatic heterocycles. The van der Waals surface area contributed by atoms with Gasteiger partial charge in [-0.05, 0) is 40.5 Å². The topological polar surface area (TPSA) is 26.0 Å². The molecular weight excluding hydrogens is 261 g/mol. The van der Waals surface area contributed by atoms with Gasteiger partial charge in [-0.25, -0.2) is 0 Å². The molecule has 0 radical (unpaired) electrons. The molecule has 4 heteroatoms. The average molecular weight is 271 g/mol. The van der Waals surface area contributed by atoms with Gasteiger partial charge in [0.05, 0.1) is 5.02 Å². The van der Waals surface area contributed by atoms with Crippen molar-refractivity contribution >= 4 is 39.9 Å². The number of hydrogen-bond acceptors (Lipinski definition) is 1. The van der Waals surface area contributed by atoms with Crippen LogP contribution in [0.3, 0.4) is 0 Å².